The van der Waals surface area contributed by atoms with E-state index in [4.69, 9.17) is 9.52 Å². The third-order valence-corrected chi connectivity index (χ3v) is 4.39. The van der Waals surface area contributed by atoms with Crippen LogP contribution in [-0.4, -0.2) is 28.6 Å². The van der Waals surface area contributed by atoms with E-state index in [0.29, 0.717) is 18.1 Å². The van der Waals surface area contributed by atoms with Crippen LogP contribution in [0.25, 0.3) is 11.1 Å². The number of hydrogen-bond acceptors (Lipinski definition) is 5. The molecule has 3 heterocycles. The highest BCUT2D eigenvalue weighted by molar-refractivity contribution is 5.83. The van der Waals surface area contributed by atoms with Crippen LogP contribution in [0.4, 0.5) is 19.0 Å². The number of anilines is 1. The summed E-state index contributed by atoms with van der Waals surface area (Å²) in [5, 5.41) is 8.79. The van der Waals surface area contributed by atoms with Crippen molar-refractivity contribution in [2.75, 3.05) is 11.4 Å². The molecular formula is C16H15F3N2O4. The second-order valence-electron chi connectivity index (χ2n) is 6.24. The van der Waals surface area contributed by atoms with Gasteiger partial charge in [0.1, 0.15) is 12.4 Å². The molecule has 2 unspecified atom stereocenters. The Kier molecular flexibility index (Phi) is 3.97. The van der Waals surface area contributed by atoms with Gasteiger partial charge in [0.05, 0.1) is 10.9 Å². The highest BCUT2D eigenvalue weighted by Crippen LogP contribution is 2.41. The maximum Gasteiger partial charge on any atom is 0.417 e. The van der Waals surface area contributed by atoms with Crippen molar-refractivity contribution < 1.29 is 27.5 Å². The molecule has 9 heteroatoms. The molecule has 134 valence electrons. The Hall–Kier alpha value is -2.58. The number of halogens is 3. The van der Waals surface area contributed by atoms with Crippen LogP contribution in [0.5, 0.6) is 0 Å². The fraction of sp³-hybridized carbons (Fsp3) is 0.438. The maximum atomic E-state index is 13.2. The third kappa shape index (κ3) is 3.06. The van der Waals surface area contributed by atoms with Gasteiger partial charge in [0.25, 0.3) is 0 Å². The van der Waals surface area contributed by atoms with Gasteiger partial charge in [-0.15, -0.1) is 0 Å². The zero-order valence-electron chi connectivity index (χ0n) is 13.4. The van der Waals surface area contributed by atoms with Gasteiger partial charge in [-0.25, -0.2) is 4.79 Å². The summed E-state index contributed by atoms with van der Waals surface area (Å²) >= 11 is 0. The first-order valence-corrected chi connectivity index (χ1v) is 7.62. The van der Waals surface area contributed by atoms with E-state index in [1.165, 1.54) is 11.0 Å². The first-order valence-electron chi connectivity index (χ1n) is 7.62. The van der Waals surface area contributed by atoms with E-state index in [-0.39, 0.29) is 29.7 Å². The summed E-state index contributed by atoms with van der Waals surface area (Å²) in [5.41, 5.74) is -2.21. The van der Waals surface area contributed by atoms with Crippen molar-refractivity contribution >= 4 is 22.9 Å². The van der Waals surface area contributed by atoms with E-state index in [9.17, 15) is 22.8 Å². The summed E-state index contributed by atoms with van der Waals surface area (Å²) in [6, 6.07) is 1.54. The first-order chi connectivity index (χ1) is 11.6. The van der Waals surface area contributed by atoms with Crippen LogP contribution < -0.4 is 10.5 Å². The number of aliphatic carboxylic acids is 1. The molecule has 2 aromatic rings. The highest BCUT2D eigenvalue weighted by atomic mass is 19.4. The van der Waals surface area contributed by atoms with Crippen molar-refractivity contribution in [2.45, 2.75) is 38.4 Å². The number of pyridine rings is 1. The van der Waals surface area contributed by atoms with E-state index in [0.717, 1.165) is 0 Å². The second-order valence-corrected chi connectivity index (χ2v) is 6.24. The Bertz CT molecular complexity index is 907. The van der Waals surface area contributed by atoms with Gasteiger partial charge < -0.3 is 14.4 Å². The van der Waals surface area contributed by atoms with Gasteiger partial charge in [0.2, 0.25) is 5.71 Å². The van der Waals surface area contributed by atoms with Gasteiger partial charge in [0.15, 0.2) is 0 Å². The van der Waals surface area contributed by atoms with Crippen molar-refractivity contribution in [1.29, 1.82) is 0 Å². The van der Waals surface area contributed by atoms with E-state index in [1.54, 1.807) is 0 Å². The number of carboxylic acid groups (broad SMARTS) is 1. The van der Waals surface area contributed by atoms with Crippen LogP contribution in [0.1, 0.15) is 37.3 Å². The number of fused-ring (bicyclic) bond motifs is 2. The molecule has 2 aromatic heterocycles. The lowest BCUT2D eigenvalue weighted by atomic mass is 9.88. The number of alkyl halides is 3. The minimum absolute atomic E-state index is 0.111. The predicted molar refractivity (Wildman–Crippen MR) is 82.8 cm³/mol. The molecule has 0 saturated carbocycles. The first kappa shape index (κ1) is 17.2. The van der Waals surface area contributed by atoms with Crippen molar-refractivity contribution in [2.24, 2.45) is 0 Å². The largest absolute Gasteiger partial charge is 0.480 e. The van der Waals surface area contributed by atoms with Crippen molar-refractivity contribution in [3.05, 3.63) is 33.7 Å². The standard InChI is InChI=1S/C16H15F3N2O4/c1-7-3-8(2)21(6-12(22)23)14-9(7)4-10-11(16(17,18)19)5-13(24)25-15(10)20-14/h4-5,7-8H,3,6H2,1-2H3,(H,22,23). The molecule has 1 N–H and O–H groups in total. The Morgan fingerprint density at radius 2 is 2.08 bits per heavy atom. The molecule has 2 atom stereocenters. The monoisotopic (exact) mass is 356 g/mol. The number of nitrogens with zero attached hydrogens (tertiary/aromatic N) is 2. The number of hydrogen-bond donors (Lipinski definition) is 1. The molecule has 0 bridgehead atoms. The Balaban J connectivity index is 2.30. The number of carbonyl (C=O) groups is 1. The Labute approximate surface area is 139 Å². The summed E-state index contributed by atoms with van der Waals surface area (Å²) in [7, 11) is 0. The molecule has 3 rings (SSSR count). The molecule has 1 aliphatic rings. The third-order valence-electron chi connectivity index (χ3n) is 4.39. The van der Waals surface area contributed by atoms with Gasteiger partial charge in [-0.3, -0.25) is 4.79 Å². The minimum Gasteiger partial charge on any atom is -0.480 e. The summed E-state index contributed by atoms with van der Waals surface area (Å²) < 4.78 is 44.6. The molecule has 0 fully saturated rings. The van der Waals surface area contributed by atoms with Gasteiger partial charge in [-0.05, 0) is 30.9 Å². The zero-order valence-corrected chi connectivity index (χ0v) is 13.4. The minimum atomic E-state index is -4.73. The fourth-order valence-electron chi connectivity index (χ4n) is 3.27. The van der Waals surface area contributed by atoms with Crippen LogP contribution in [-0.2, 0) is 11.0 Å². The van der Waals surface area contributed by atoms with E-state index < -0.39 is 29.0 Å². The van der Waals surface area contributed by atoms with Crippen molar-refractivity contribution in [1.82, 2.24) is 4.98 Å². The SMILES string of the molecule is CC1CC(C)N(CC(=O)O)c2nc3oc(=O)cc(C(F)(F)F)c3cc21. The van der Waals surface area contributed by atoms with Crippen LogP contribution >= 0.6 is 0 Å². The molecular weight excluding hydrogens is 341 g/mol. The number of carboxylic acids is 1. The molecule has 0 saturated heterocycles. The highest BCUT2D eigenvalue weighted by Gasteiger charge is 2.36. The average molecular weight is 356 g/mol. The smallest absolute Gasteiger partial charge is 0.417 e. The normalized spacial score (nSPS) is 20.6. The zero-order chi connectivity index (χ0) is 18.5. The van der Waals surface area contributed by atoms with Crippen LogP contribution in [0.2, 0.25) is 0 Å². The van der Waals surface area contributed by atoms with E-state index in [1.807, 2.05) is 13.8 Å². The van der Waals surface area contributed by atoms with Gasteiger partial charge in [0, 0.05) is 12.1 Å². The van der Waals surface area contributed by atoms with Gasteiger partial charge in [-0.1, -0.05) is 6.92 Å². The van der Waals surface area contributed by atoms with Gasteiger partial charge >= 0.3 is 17.8 Å². The second kappa shape index (κ2) is 5.75. The summed E-state index contributed by atoms with van der Waals surface area (Å²) in [5.74, 6) is -0.955. The topological polar surface area (TPSA) is 83.6 Å². The molecule has 6 nitrogen and oxygen atoms in total. The lowest BCUT2D eigenvalue weighted by Crippen LogP contribution is -2.42. The summed E-state index contributed by atoms with van der Waals surface area (Å²) in [4.78, 5) is 28.2. The molecule has 1 aliphatic heterocycles. The van der Waals surface area contributed by atoms with Crippen LogP contribution in [0.15, 0.2) is 21.3 Å². The quantitative estimate of drug-likeness (QED) is 0.891. The molecule has 0 spiro atoms. The maximum absolute atomic E-state index is 13.2. The van der Waals surface area contributed by atoms with E-state index in [2.05, 4.69) is 4.98 Å². The van der Waals surface area contributed by atoms with Crippen LogP contribution in [0, 0.1) is 0 Å². The lowest BCUT2D eigenvalue weighted by molar-refractivity contribution is -0.137. The van der Waals surface area contributed by atoms with Gasteiger partial charge in [-0.2, -0.15) is 18.2 Å². The Morgan fingerprint density at radius 1 is 1.40 bits per heavy atom. The lowest BCUT2D eigenvalue weighted by Gasteiger charge is -2.37. The molecule has 0 amide bonds. The van der Waals surface area contributed by atoms with Crippen LogP contribution in [0.3, 0.4) is 0 Å². The Morgan fingerprint density at radius 3 is 2.68 bits per heavy atom. The number of rotatable bonds is 2. The summed E-state index contributed by atoms with van der Waals surface area (Å²) in [6.07, 6.45) is -4.15. The van der Waals surface area contributed by atoms with E-state index >= 15 is 0 Å². The van der Waals surface area contributed by atoms with Crippen molar-refractivity contribution in [3.63, 3.8) is 0 Å². The van der Waals surface area contributed by atoms with Crippen molar-refractivity contribution in [3.8, 4) is 0 Å². The fourth-order valence-corrected chi connectivity index (χ4v) is 3.27. The summed E-state index contributed by atoms with van der Waals surface area (Å²) in [6.45, 7) is 3.31. The average Bonchev–Trinajstić information content (AvgIpc) is 2.48. The molecule has 25 heavy (non-hydrogen) atoms. The predicted octanol–water partition coefficient (Wildman–Crippen LogP) is 2.99. The molecule has 0 aliphatic carbocycles. The number of aromatic nitrogens is 1. The molecule has 0 aromatic carbocycles. The molecule has 0 radical (unpaired) electrons.